The molecule has 132 valence electrons. The quantitative estimate of drug-likeness (QED) is 0.394. The van der Waals surface area contributed by atoms with Crippen LogP contribution in [0.25, 0.3) is 0 Å². The molecule has 0 aromatic carbocycles. The van der Waals surface area contributed by atoms with Crippen LogP contribution in [0.1, 0.15) is 67.2 Å². The summed E-state index contributed by atoms with van der Waals surface area (Å²) in [6, 6.07) is 0. The SMILES string of the molecule is CCOC(=O)/C=C1/C=C(CC(C)CC(C)C(C)(C)SCC)CC1. The summed E-state index contributed by atoms with van der Waals surface area (Å²) in [7, 11) is 0. The summed E-state index contributed by atoms with van der Waals surface area (Å²) in [6.07, 6.45) is 8.35. The van der Waals surface area contributed by atoms with E-state index in [0.717, 1.165) is 24.8 Å². The van der Waals surface area contributed by atoms with Crippen LogP contribution < -0.4 is 0 Å². The first-order valence-electron chi connectivity index (χ1n) is 8.99. The van der Waals surface area contributed by atoms with Gasteiger partial charge in [-0.1, -0.05) is 46.3 Å². The fraction of sp³-hybridized carbons (Fsp3) is 0.750. The fourth-order valence-corrected chi connectivity index (χ4v) is 4.38. The van der Waals surface area contributed by atoms with E-state index in [2.05, 4.69) is 52.5 Å². The van der Waals surface area contributed by atoms with Crippen LogP contribution in [0.2, 0.25) is 0 Å². The number of hydrogen-bond acceptors (Lipinski definition) is 3. The molecule has 0 bridgehead atoms. The maximum atomic E-state index is 11.5. The largest absolute Gasteiger partial charge is 0.463 e. The summed E-state index contributed by atoms with van der Waals surface area (Å²) in [5.74, 6) is 2.37. The van der Waals surface area contributed by atoms with E-state index in [1.807, 2.05) is 6.92 Å². The monoisotopic (exact) mass is 338 g/mol. The highest BCUT2D eigenvalue weighted by Gasteiger charge is 2.27. The number of allylic oxidation sites excluding steroid dienone is 3. The second-order valence-electron chi connectivity index (χ2n) is 7.26. The van der Waals surface area contributed by atoms with Crippen molar-refractivity contribution in [3.63, 3.8) is 0 Å². The number of esters is 1. The van der Waals surface area contributed by atoms with Gasteiger partial charge in [-0.25, -0.2) is 4.79 Å². The Morgan fingerprint density at radius 1 is 1.35 bits per heavy atom. The molecule has 2 unspecified atom stereocenters. The van der Waals surface area contributed by atoms with E-state index >= 15 is 0 Å². The lowest BCUT2D eigenvalue weighted by molar-refractivity contribution is -0.137. The Kier molecular flexibility index (Phi) is 8.46. The first kappa shape index (κ1) is 20.3. The van der Waals surface area contributed by atoms with Crippen molar-refractivity contribution in [2.24, 2.45) is 11.8 Å². The molecule has 23 heavy (non-hydrogen) atoms. The van der Waals surface area contributed by atoms with Gasteiger partial charge in [0.2, 0.25) is 0 Å². The fourth-order valence-electron chi connectivity index (χ4n) is 3.25. The van der Waals surface area contributed by atoms with Gasteiger partial charge in [0.05, 0.1) is 6.61 Å². The molecule has 0 aromatic rings. The Hall–Kier alpha value is -0.700. The van der Waals surface area contributed by atoms with Gasteiger partial charge in [-0.05, 0) is 55.8 Å². The van der Waals surface area contributed by atoms with Crippen LogP contribution in [-0.2, 0) is 9.53 Å². The van der Waals surface area contributed by atoms with Crippen molar-refractivity contribution in [3.8, 4) is 0 Å². The topological polar surface area (TPSA) is 26.3 Å². The van der Waals surface area contributed by atoms with Crippen LogP contribution in [0.3, 0.4) is 0 Å². The van der Waals surface area contributed by atoms with Crippen molar-refractivity contribution < 1.29 is 9.53 Å². The molecular formula is C20H34O2S. The molecule has 0 N–H and O–H groups in total. The van der Waals surface area contributed by atoms with Gasteiger partial charge >= 0.3 is 5.97 Å². The second kappa shape index (κ2) is 9.56. The van der Waals surface area contributed by atoms with Crippen molar-refractivity contribution in [1.29, 1.82) is 0 Å². The molecule has 1 rings (SSSR count). The molecule has 0 radical (unpaired) electrons. The summed E-state index contributed by atoms with van der Waals surface area (Å²) in [5.41, 5.74) is 2.61. The zero-order valence-electron chi connectivity index (χ0n) is 15.8. The van der Waals surface area contributed by atoms with E-state index in [0.29, 0.717) is 23.2 Å². The standard InChI is InChI=1S/C20H34O2S/c1-7-22-19(21)14-18-10-9-17(13-18)12-15(3)11-16(4)20(5,6)23-8-2/h13-16H,7-12H2,1-6H3/b18-14+. The van der Waals surface area contributed by atoms with Crippen LogP contribution in [0.4, 0.5) is 0 Å². The van der Waals surface area contributed by atoms with Crippen molar-refractivity contribution in [2.45, 2.75) is 72.0 Å². The Morgan fingerprint density at radius 3 is 2.65 bits per heavy atom. The van der Waals surface area contributed by atoms with Crippen LogP contribution in [-0.4, -0.2) is 23.1 Å². The molecule has 0 spiro atoms. The predicted molar refractivity (Wildman–Crippen MR) is 102 cm³/mol. The van der Waals surface area contributed by atoms with Gasteiger partial charge in [-0.3, -0.25) is 0 Å². The van der Waals surface area contributed by atoms with Gasteiger partial charge in [0.1, 0.15) is 0 Å². The molecule has 0 saturated heterocycles. The number of rotatable bonds is 9. The molecule has 0 aliphatic heterocycles. The zero-order chi connectivity index (χ0) is 17.5. The van der Waals surface area contributed by atoms with Gasteiger partial charge < -0.3 is 4.74 Å². The van der Waals surface area contributed by atoms with Gasteiger partial charge in [-0.15, -0.1) is 0 Å². The van der Waals surface area contributed by atoms with Gasteiger partial charge in [-0.2, -0.15) is 11.8 Å². The van der Waals surface area contributed by atoms with E-state index in [-0.39, 0.29) is 5.97 Å². The Morgan fingerprint density at radius 2 is 2.04 bits per heavy atom. The molecule has 0 saturated carbocycles. The highest BCUT2D eigenvalue weighted by Crippen LogP contribution is 2.38. The zero-order valence-corrected chi connectivity index (χ0v) is 16.6. The molecule has 2 nitrogen and oxygen atoms in total. The molecule has 0 heterocycles. The first-order valence-corrected chi connectivity index (χ1v) is 9.97. The Balaban J connectivity index is 2.52. The van der Waals surface area contributed by atoms with Crippen LogP contribution >= 0.6 is 11.8 Å². The maximum absolute atomic E-state index is 11.5. The average molecular weight is 339 g/mol. The van der Waals surface area contributed by atoms with Crippen molar-refractivity contribution in [3.05, 3.63) is 23.3 Å². The van der Waals surface area contributed by atoms with Crippen molar-refractivity contribution >= 4 is 17.7 Å². The lowest BCUT2D eigenvalue weighted by Gasteiger charge is -2.33. The van der Waals surface area contributed by atoms with E-state index in [1.165, 1.54) is 17.7 Å². The summed E-state index contributed by atoms with van der Waals surface area (Å²) in [6.45, 7) is 14.0. The lowest BCUT2D eigenvalue weighted by Crippen LogP contribution is -2.27. The number of thioether (sulfide) groups is 1. The number of ether oxygens (including phenoxy) is 1. The van der Waals surface area contributed by atoms with Crippen LogP contribution in [0.15, 0.2) is 23.3 Å². The summed E-state index contributed by atoms with van der Waals surface area (Å²) >= 11 is 2.06. The number of carbonyl (C=O) groups excluding carboxylic acids is 1. The minimum absolute atomic E-state index is 0.208. The van der Waals surface area contributed by atoms with E-state index in [9.17, 15) is 4.79 Å². The summed E-state index contributed by atoms with van der Waals surface area (Å²) in [4.78, 5) is 11.5. The van der Waals surface area contributed by atoms with Gasteiger partial charge in [0, 0.05) is 10.8 Å². The molecule has 1 aliphatic rings. The highest BCUT2D eigenvalue weighted by atomic mass is 32.2. The van der Waals surface area contributed by atoms with Crippen LogP contribution in [0.5, 0.6) is 0 Å². The second-order valence-corrected chi connectivity index (χ2v) is 9.17. The first-order chi connectivity index (χ1) is 10.8. The minimum Gasteiger partial charge on any atom is -0.463 e. The summed E-state index contributed by atoms with van der Waals surface area (Å²) < 4.78 is 5.34. The minimum atomic E-state index is -0.208. The molecule has 2 atom stereocenters. The smallest absolute Gasteiger partial charge is 0.331 e. The normalized spacial score (nSPS) is 19.6. The number of hydrogen-bond donors (Lipinski definition) is 0. The Labute approximate surface area is 147 Å². The summed E-state index contributed by atoms with van der Waals surface area (Å²) in [5, 5.41) is 0. The lowest BCUT2D eigenvalue weighted by atomic mass is 9.85. The predicted octanol–water partition coefficient (Wildman–Crippen LogP) is 5.78. The molecule has 3 heteroatoms. The highest BCUT2D eigenvalue weighted by molar-refractivity contribution is 8.00. The van der Waals surface area contributed by atoms with Gasteiger partial charge in [0.15, 0.2) is 0 Å². The molecule has 1 aliphatic carbocycles. The van der Waals surface area contributed by atoms with E-state index in [1.54, 1.807) is 6.08 Å². The Bertz CT molecular complexity index is 449. The molecular weight excluding hydrogens is 304 g/mol. The molecule has 0 amide bonds. The van der Waals surface area contributed by atoms with Crippen molar-refractivity contribution in [2.75, 3.05) is 12.4 Å². The maximum Gasteiger partial charge on any atom is 0.331 e. The molecule has 0 fully saturated rings. The third kappa shape index (κ3) is 7.15. The van der Waals surface area contributed by atoms with Crippen molar-refractivity contribution in [1.82, 2.24) is 0 Å². The van der Waals surface area contributed by atoms with Crippen LogP contribution in [0, 0.1) is 11.8 Å². The average Bonchev–Trinajstić information content (AvgIpc) is 2.85. The van der Waals surface area contributed by atoms with E-state index < -0.39 is 0 Å². The third-order valence-electron chi connectivity index (χ3n) is 4.78. The van der Waals surface area contributed by atoms with E-state index in [4.69, 9.17) is 4.74 Å². The van der Waals surface area contributed by atoms with Gasteiger partial charge in [0.25, 0.3) is 0 Å². The number of carbonyl (C=O) groups is 1. The molecule has 0 aromatic heterocycles. The third-order valence-corrected chi connectivity index (χ3v) is 6.22.